The fourth-order valence-corrected chi connectivity index (χ4v) is 3.28. The van der Waals surface area contributed by atoms with Crippen molar-refractivity contribution in [1.82, 2.24) is 0 Å². The average Bonchev–Trinajstić information content (AvgIpc) is 3.13. The molecular weight excluding hydrogens is 382 g/mol. The van der Waals surface area contributed by atoms with Crippen LogP contribution in [0.1, 0.15) is 24.8 Å². The number of carbonyl (C=O) groups excluding carboxylic acids is 1. The quantitative estimate of drug-likeness (QED) is 0.735. The Hall–Kier alpha value is -1.85. The number of anilines is 1. The second kappa shape index (κ2) is 9.02. The minimum absolute atomic E-state index is 0.00738. The largest absolute Gasteiger partial charge is 0.491 e. The number of aryl methyl sites for hydroxylation is 1. The number of nitrogens with one attached hydrogen (secondary N) is 1. The van der Waals surface area contributed by atoms with Gasteiger partial charge in [0, 0.05) is 29.3 Å². The highest BCUT2D eigenvalue weighted by Crippen LogP contribution is 2.21. The highest BCUT2D eigenvalue weighted by Gasteiger charge is 2.16. The minimum Gasteiger partial charge on any atom is -0.491 e. The van der Waals surface area contributed by atoms with Crippen molar-refractivity contribution in [2.75, 3.05) is 18.5 Å². The maximum Gasteiger partial charge on any atom is 0.224 e. The number of hydrogen-bond donors (Lipinski definition) is 1. The first kappa shape index (κ1) is 18.0. The lowest BCUT2D eigenvalue weighted by Gasteiger charge is -2.12. The number of ether oxygens (including phenoxy) is 2. The van der Waals surface area contributed by atoms with Gasteiger partial charge in [0.15, 0.2) is 0 Å². The molecule has 0 aliphatic carbocycles. The van der Waals surface area contributed by atoms with Gasteiger partial charge in [0.25, 0.3) is 0 Å². The third-order valence-electron chi connectivity index (χ3n) is 4.16. The van der Waals surface area contributed by atoms with Gasteiger partial charge in [0.05, 0.1) is 6.10 Å². The summed E-state index contributed by atoms with van der Waals surface area (Å²) in [7, 11) is 0. The molecule has 1 unspecified atom stereocenters. The van der Waals surface area contributed by atoms with Gasteiger partial charge in [-0.15, -0.1) is 0 Å². The van der Waals surface area contributed by atoms with Crippen LogP contribution in [-0.2, 0) is 16.0 Å². The maximum atomic E-state index is 12.2. The van der Waals surface area contributed by atoms with Crippen LogP contribution in [0.25, 0.3) is 0 Å². The van der Waals surface area contributed by atoms with Crippen LogP contribution in [0.4, 0.5) is 5.69 Å². The van der Waals surface area contributed by atoms with Crippen molar-refractivity contribution in [2.45, 2.75) is 31.8 Å². The van der Waals surface area contributed by atoms with Crippen LogP contribution >= 0.6 is 15.9 Å². The van der Waals surface area contributed by atoms with E-state index in [-0.39, 0.29) is 12.0 Å². The number of hydrogen-bond acceptors (Lipinski definition) is 3. The van der Waals surface area contributed by atoms with E-state index in [2.05, 4.69) is 21.2 Å². The van der Waals surface area contributed by atoms with Gasteiger partial charge in [-0.3, -0.25) is 4.79 Å². The summed E-state index contributed by atoms with van der Waals surface area (Å²) in [6, 6.07) is 15.5. The van der Waals surface area contributed by atoms with E-state index in [1.165, 1.54) is 0 Å². The molecule has 2 aromatic rings. The first-order chi connectivity index (χ1) is 12.2. The normalized spacial score (nSPS) is 16.6. The molecule has 1 saturated heterocycles. The van der Waals surface area contributed by atoms with Crippen molar-refractivity contribution in [3.8, 4) is 5.75 Å². The molecule has 0 radical (unpaired) electrons. The van der Waals surface area contributed by atoms with Crippen molar-refractivity contribution < 1.29 is 14.3 Å². The summed E-state index contributed by atoms with van der Waals surface area (Å²) >= 11 is 3.51. The Labute approximate surface area is 156 Å². The van der Waals surface area contributed by atoms with E-state index in [1.807, 2.05) is 48.5 Å². The Morgan fingerprint density at radius 2 is 2.12 bits per heavy atom. The van der Waals surface area contributed by atoms with Crippen LogP contribution in [0.3, 0.4) is 0 Å². The lowest BCUT2D eigenvalue weighted by molar-refractivity contribution is -0.116. The molecule has 25 heavy (non-hydrogen) atoms. The first-order valence-corrected chi connectivity index (χ1v) is 9.38. The molecule has 1 aliphatic heterocycles. The lowest BCUT2D eigenvalue weighted by Crippen LogP contribution is -2.16. The zero-order valence-corrected chi connectivity index (χ0v) is 15.6. The third kappa shape index (κ3) is 5.58. The van der Waals surface area contributed by atoms with E-state index < -0.39 is 0 Å². The third-order valence-corrected chi connectivity index (χ3v) is 4.93. The molecule has 1 fully saturated rings. The molecule has 5 heteroatoms. The lowest BCUT2D eigenvalue weighted by atomic mass is 10.1. The van der Waals surface area contributed by atoms with E-state index in [9.17, 15) is 4.79 Å². The van der Waals surface area contributed by atoms with Crippen molar-refractivity contribution in [1.29, 1.82) is 0 Å². The van der Waals surface area contributed by atoms with Crippen LogP contribution in [0.2, 0.25) is 0 Å². The molecule has 1 heterocycles. The highest BCUT2D eigenvalue weighted by molar-refractivity contribution is 9.10. The van der Waals surface area contributed by atoms with E-state index in [0.29, 0.717) is 19.4 Å². The van der Waals surface area contributed by atoms with E-state index in [1.54, 1.807) is 0 Å². The number of benzene rings is 2. The summed E-state index contributed by atoms with van der Waals surface area (Å²) in [5.41, 5.74) is 1.88. The fourth-order valence-electron chi connectivity index (χ4n) is 2.80. The summed E-state index contributed by atoms with van der Waals surface area (Å²) in [5.74, 6) is 0.742. The predicted octanol–water partition coefficient (Wildman–Crippen LogP) is 4.58. The fraction of sp³-hybridized carbons (Fsp3) is 0.350. The molecule has 1 N–H and O–H groups in total. The first-order valence-electron chi connectivity index (χ1n) is 8.58. The second-order valence-electron chi connectivity index (χ2n) is 6.11. The number of halogens is 1. The minimum atomic E-state index is -0.00738. The smallest absolute Gasteiger partial charge is 0.224 e. The molecule has 1 aliphatic rings. The Bertz CT molecular complexity index is 714. The molecule has 2 aromatic carbocycles. The van der Waals surface area contributed by atoms with Gasteiger partial charge in [0.2, 0.25) is 5.91 Å². The van der Waals surface area contributed by atoms with Gasteiger partial charge in [-0.1, -0.05) is 40.2 Å². The van der Waals surface area contributed by atoms with Crippen LogP contribution in [0.5, 0.6) is 5.75 Å². The van der Waals surface area contributed by atoms with Crippen molar-refractivity contribution in [3.05, 3.63) is 58.6 Å². The van der Waals surface area contributed by atoms with Gasteiger partial charge >= 0.3 is 0 Å². The van der Waals surface area contributed by atoms with E-state index in [4.69, 9.17) is 9.47 Å². The summed E-state index contributed by atoms with van der Waals surface area (Å²) < 4.78 is 12.4. The van der Waals surface area contributed by atoms with Gasteiger partial charge < -0.3 is 14.8 Å². The van der Waals surface area contributed by atoms with Gasteiger partial charge in [0.1, 0.15) is 12.4 Å². The molecule has 1 atom stereocenters. The summed E-state index contributed by atoms with van der Waals surface area (Å²) in [4.78, 5) is 12.2. The zero-order valence-electron chi connectivity index (χ0n) is 14.0. The van der Waals surface area contributed by atoms with Crippen molar-refractivity contribution in [2.24, 2.45) is 0 Å². The summed E-state index contributed by atoms with van der Waals surface area (Å²) in [6.07, 6.45) is 3.46. The molecule has 132 valence electrons. The SMILES string of the molecule is O=C(CCc1ccccc1Br)Nc1cccc(OCC2CCCO2)c1. The van der Waals surface area contributed by atoms with Crippen LogP contribution in [-0.4, -0.2) is 25.2 Å². The molecule has 0 saturated carbocycles. The monoisotopic (exact) mass is 403 g/mol. The van der Waals surface area contributed by atoms with Crippen molar-refractivity contribution in [3.63, 3.8) is 0 Å². The van der Waals surface area contributed by atoms with Crippen molar-refractivity contribution >= 4 is 27.5 Å². The Kier molecular flexibility index (Phi) is 6.48. The topological polar surface area (TPSA) is 47.6 Å². The van der Waals surface area contributed by atoms with Crippen LogP contribution in [0, 0.1) is 0 Å². The molecule has 3 rings (SSSR count). The standard InChI is InChI=1S/C20H22BrNO3/c21-19-9-2-1-5-15(19)10-11-20(23)22-16-6-3-7-17(13-16)25-14-18-8-4-12-24-18/h1-3,5-7,9,13,18H,4,8,10-12,14H2,(H,22,23). The Morgan fingerprint density at radius 1 is 1.24 bits per heavy atom. The highest BCUT2D eigenvalue weighted by atomic mass is 79.9. The number of amides is 1. The Balaban J connectivity index is 1.49. The molecular formula is C20H22BrNO3. The van der Waals surface area contributed by atoms with E-state index in [0.717, 1.165) is 40.9 Å². The van der Waals surface area contributed by atoms with Gasteiger partial charge in [-0.05, 0) is 43.0 Å². The molecule has 0 spiro atoms. The molecule has 0 aromatic heterocycles. The average molecular weight is 404 g/mol. The molecule has 1 amide bonds. The summed E-state index contributed by atoms with van der Waals surface area (Å²) in [5, 5.41) is 2.93. The zero-order chi connectivity index (χ0) is 17.5. The van der Waals surface area contributed by atoms with Crippen LogP contribution in [0.15, 0.2) is 53.0 Å². The van der Waals surface area contributed by atoms with Gasteiger partial charge in [-0.25, -0.2) is 0 Å². The number of carbonyl (C=O) groups is 1. The predicted molar refractivity (Wildman–Crippen MR) is 102 cm³/mol. The number of rotatable bonds is 7. The van der Waals surface area contributed by atoms with E-state index >= 15 is 0 Å². The summed E-state index contributed by atoms with van der Waals surface area (Å²) in [6.45, 7) is 1.38. The molecule has 0 bridgehead atoms. The van der Waals surface area contributed by atoms with Crippen LogP contribution < -0.4 is 10.1 Å². The molecule has 4 nitrogen and oxygen atoms in total. The Morgan fingerprint density at radius 3 is 2.92 bits per heavy atom. The van der Waals surface area contributed by atoms with Gasteiger partial charge in [-0.2, -0.15) is 0 Å². The second-order valence-corrected chi connectivity index (χ2v) is 6.97. The maximum absolute atomic E-state index is 12.2.